The summed E-state index contributed by atoms with van der Waals surface area (Å²) in [4.78, 5) is 24.8. The van der Waals surface area contributed by atoms with Gasteiger partial charge in [-0.25, -0.2) is 0 Å². The lowest BCUT2D eigenvalue weighted by Gasteiger charge is -2.19. The van der Waals surface area contributed by atoms with Crippen molar-refractivity contribution in [2.24, 2.45) is 5.92 Å². The third-order valence-electron chi connectivity index (χ3n) is 4.23. The summed E-state index contributed by atoms with van der Waals surface area (Å²) in [5.41, 5.74) is 7.04. The van der Waals surface area contributed by atoms with E-state index in [9.17, 15) is 9.59 Å². The fraction of sp³-hybridized carbons (Fsp3) is 0.348. The van der Waals surface area contributed by atoms with Crippen molar-refractivity contribution in [3.8, 4) is 5.75 Å². The molecule has 2 aromatic carbocycles. The Balaban J connectivity index is 1.92. The highest BCUT2D eigenvalue weighted by Gasteiger charge is 2.16. The predicted molar refractivity (Wildman–Crippen MR) is 123 cm³/mol. The Bertz CT molecular complexity index is 903. The van der Waals surface area contributed by atoms with Crippen LogP contribution in [0.15, 0.2) is 48.5 Å². The second kappa shape index (κ2) is 10.2. The van der Waals surface area contributed by atoms with Gasteiger partial charge in [0.15, 0.2) is 5.11 Å². The lowest BCUT2D eigenvalue weighted by atomic mass is 9.87. The number of carbonyl (C=O) groups is 2. The molecule has 7 heteroatoms. The number of rotatable bonds is 5. The zero-order valence-corrected chi connectivity index (χ0v) is 18.9. The number of benzene rings is 2. The van der Waals surface area contributed by atoms with E-state index in [0.29, 0.717) is 29.4 Å². The van der Waals surface area contributed by atoms with Gasteiger partial charge in [-0.2, -0.15) is 0 Å². The standard InChI is InChI=1S/C23H29N3O3S/c1-15(2)14-29-19-9-7-6-8-18(19)21(28)24-22(30)26-25-20(27)16-10-12-17(13-11-16)23(3,4)5/h6-13,15H,14H2,1-5H3,(H,25,27)(H2,24,26,28,30). The van der Waals surface area contributed by atoms with E-state index in [1.807, 2.05) is 26.0 Å². The Kier molecular flexibility index (Phi) is 7.94. The van der Waals surface area contributed by atoms with Crippen molar-refractivity contribution in [3.63, 3.8) is 0 Å². The summed E-state index contributed by atoms with van der Waals surface area (Å²) < 4.78 is 5.70. The lowest BCUT2D eigenvalue weighted by Crippen LogP contribution is -2.48. The fourth-order valence-corrected chi connectivity index (χ4v) is 2.69. The molecule has 0 aliphatic rings. The molecule has 0 aromatic heterocycles. The second-order valence-electron chi connectivity index (χ2n) is 8.39. The van der Waals surface area contributed by atoms with E-state index in [4.69, 9.17) is 17.0 Å². The van der Waals surface area contributed by atoms with Crippen molar-refractivity contribution < 1.29 is 14.3 Å². The summed E-state index contributed by atoms with van der Waals surface area (Å²) in [5, 5.41) is 2.53. The Morgan fingerprint density at radius 3 is 2.20 bits per heavy atom. The first-order valence-electron chi connectivity index (χ1n) is 9.82. The van der Waals surface area contributed by atoms with Crippen molar-refractivity contribution in [2.75, 3.05) is 6.61 Å². The van der Waals surface area contributed by atoms with Crippen LogP contribution in [0.25, 0.3) is 0 Å². The minimum Gasteiger partial charge on any atom is -0.492 e. The van der Waals surface area contributed by atoms with Crippen LogP contribution in [-0.4, -0.2) is 23.5 Å². The number of hydrogen-bond acceptors (Lipinski definition) is 4. The maximum absolute atomic E-state index is 12.5. The third-order valence-corrected chi connectivity index (χ3v) is 4.44. The van der Waals surface area contributed by atoms with Gasteiger partial charge in [-0.05, 0) is 53.4 Å². The maximum atomic E-state index is 12.5. The summed E-state index contributed by atoms with van der Waals surface area (Å²) in [6.45, 7) is 10.9. The molecule has 0 atom stereocenters. The second-order valence-corrected chi connectivity index (χ2v) is 8.80. The van der Waals surface area contributed by atoms with Crippen LogP contribution in [0.4, 0.5) is 0 Å². The highest BCUT2D eigenvalue weighted by molar-refractivity contribution is 7.80. The number of ether oxygens (including phenoxy) is 1. The van der Waals surface area contributed by atoms with Crippen LogP contribution in [0.5, 0.6) is 5.75 Å². The summed E-state index contributed by atoms with van der Waals surface area (Å²) in [6, 6.07) is 14.3. The largest absolute Gasteiger partial charge is 0.492 e. The molecule has 0 bridgehead atoms. The molecule has 30 heavy (non-hydrogen) atoms. The van der Waals surface area contributed by atoms with Gasteiger partial charge in [0.1, 0.15) is 5.75 Å². The molecule has 160 valence electrons. The van der Waals surface area contributed by atoms with Crippen molar-refractivity contribution in [3.05, 3.63) is 65.2 Å². The smallest absolute Gasteiger partial charge is 0.269 e. The van der Waals surface area contributed by atoms with Crippen molar-refractivity contribution in [2.45, 2.75) is 40.0 Å². The number of hydrogen-bond donors (Lipinski definition) is 3. The average Bonchev–Trinajstić information content (AvgIpc) is 2.70. The zero-order valence-electron chi connectivity index (χ0n) is 18.0. The Morgan fingerprint density at radius 1 is 0.967 bits per heavy atom. The number of hydrazine groups is 1. The van der Waals surface area contributed by atoms with Crippen LogP contribution in [0.2, 0.25) is 0 Å². The van der Waals surface area contributed by atoms with E-state index >= 15 is 0 Å². The van der Waals surface area contributed by atoms with E-state index in [1.165, 1.54) is 0 Å². The molecular weight excluding hydrogens is 398 g/mol. The fourth-order valence-electron chi connectivity index (χ4n) is 2.55. The molecule has 3 N–H and O–H groups in total. The predicted octanol–water partition coefficient (Wildman–Crippen LogP) is 3.97. The van der Waals surface area contributed by atoms with Gasteiger partial charge in [0.25, 0.3) is 11.8 Å². The van der Waals surface area contributed by atoms with E-state index in [0.717, 1.165) is 5.56 Å². The van der Waals surface area contributed by atoms with Crippen LogP contribution in [0, 0.1) is 5.92 Å². The van der Waals surface area contributed by atoms with Gasteiger partial charge in [0, 0.05) is 5.56 Å². The molecule has 0 unspecified atom stereocenters. The van der Waals surface area contributed by atoms with Gasteiger partial charge < -0.3 is 4.74 Å². The number of thiocarbonyl (C=S) groups is 1. The Hall–Kier alpha value is -2.93. The monoisotopic (exact) mass is 427 g/mol. The van der Waals surface area contributed by atoms with E-state index in [1.54, 1.807) is 36.4 Å². The van der Waals surface area contributed by atoms with Crippen LogP contribution < -0.4 is 20.9 Å². The van der Waals surface area contributed by atoms with Gasteiger partial charge in [-0.3, -0.25) is 25.8 Å². The van der Waals surface area contributed by atoms with Gasteiger partial charge >= 0.3 is 0 Å². The first kappa shape index (κ1) is 23.3. The molecule has 0 saturated carbocycles. The molecule has 6 nitrogen and oxygen atoms in total. The number of nitrogens with one attached hydrogen (secondary N) is 3. The number of amides is 2. The molecule has 0 fully saturated rings. The SMILES string of the molecule is CC(C)COc1ccccc1C(=O)NC(=S)NNC(=O)c1ccc(C(C)(C)C)cc1. The third kappa shape index (κ3) is 6.84. The lowest BCUT2D eigenvalue weighted by molar-refractivity contribution is 0.0933. The van der Waals surface area contributed by atoms with E-state index in [-0.39, 0.29) is 16.4 Å². The quantitative estimate of drug-likeness (QED) is 0.497. The maximum Gasteiger partial charge on any atom is 0.269 e. The Labute approximate surface area is 183 Å². The van der Waals surface area contributed by atoms with Gasteiger partial charge in [0.2, 0.25) is 0 Å². The summed E-state index contributed by atoms with van der Waals surface area (Å²) in [5.74, 6) is 0.0365. The zero-order chi connectivity index (χ0) is 22.3. The molecule has 0 saturated heterocycles. The highest BCUT2D eigenvalue weighted by Crippen LogP contribution is 2.22. The Morgan fingerprint density at radius 2 is 1.60 bits per heavy atom. The summed E-state index contributed by atoms with van der Waals surface area (Å²) in [7, 11) is 0. The molecule has 2 rings (SSSR count). The summed E-state index contributed by atoms with van der Waals surface area (Å²) >= 11 is 5.12. The van der Waals surface area contributed by atoms with Crippen molar-refractivity contribution in [1.29, 1.82) is 0 Å². The number of para-hydroxylation sites is 1. The van der Waals surface area contributed by atoms with E-state index < -0.39 is 5.91 Å². The van der Waals surface area contributed by atoms with Gasteiger partial charge in [-0.15, -0.1) is 0 Å². The molecule has 0 radical (unpaired) electrons. The molecule has 0 aliphatic heterocycles. The average molecular weight is 428 g/mol. The highest BCUT2D eigenvalue weighted by atomic mass is 32.1. The summed E-state index contributed by atoms with van der Waals surface area (Å²) in [6.07, 6.45) is 0. The molecule has 2 aromatic rings. The molecule has 0 spiro atoms. The normalized spacial score (nSPS) is 11.0. The van der Waals surface area contributed by atoms with Crippen LogP contribution in [0.1, 0.15) is 60.9 Å². The van der Waals surface area contributed by atoms with E-state index in [2.05, 4.69) is 36.9 Å². The van der Waals surface area contributed by atoms with Crippen LogP contribution >= 0.6 is 12.2 Å². The molecule has 0 heterocycles. The first-order chi connectivity index (χ1) is 14.1. The molecule has 2 amide bonds. The first-order valence-corrected chi connectivity index (χ1v) is 10.2. The minimum atomic E-state index is -0.421. The van der Waals surface area contributed by atoms with Crippen molar-refractivity contribution >= 4 is 29.1 Å². The van der Waals surface area contributed by atoms with Crippen molar-refractivity contribution in [1.82, 2.24) is 16.2 Å². The van der Waals surface area contributed by atoms with Gasteiger partial charge in [-0.1, -0.05) is 58.9 Å². The van der Waals surface area contributed by atoms with Crippen LogP contribution in [-0.2, 0) is 5.41 Å². The van der Waals surface area contributed by atoms with Gasteiger partial charge in [0.05, 0.1) is 12.2 Å². The minimum absolute atomic E-state index is 0.00821. The topological polar surface area (TPSA) is 79.5 Å². The number of carbonyl (C=O) groups excluding carboxylic acids is 2. The van der Waals surface area contributed by atoms with Crippen LogP contribution in [0.3, 0.4) is 0 Å². The molecular formula is C23H29N3O3S. The molecule has 0 aliphatic carbocycles.